The Kier molecular flexibility index (Phi) is 10.4. The minimum atomic E-state index is -1.62. The fourth-order valence-corrected chi connectivity index (χ4v) is 5.24. The largest absolute Gasteiger partial charge is 0.481 e. The summed E-state index contributed by atoms with van der Waals surface area (Å²) in [4.78, 5) is 56.0. The molecule has 6 N–H and O–H groups in total. The van der Waals surface area contributed by atoms with Crippen LogP contribution in [0.4, 0.5) is 0 Å². The van der Waals surface area contributed by atoms with Gasteiger partial charge >= 0.3 is 5.97 Å². The van der Waals surface area contributed by atoms with E-state index in [1.165, 1.54) is 4.90 Å². The molecule has 2 fully saturated rings. The van der Waals surface area contributed by atoms with Crippen LogP contribution in [0, 0.1) is 5.41 Å². The molecule has 12 heteroatoms. The molecule has 1 unspecified atom stereocenters. The maximum Gasteiger partial charge on any atom is 0.337 e. The molecular formula is C30H40N6O6. The third-order valence-corrected chi connectivity index (χ3v) is 7.00. The lowest BCUT2D eigenvalue weighted by molar-refractivity contribution is -0.170. The summed E-state index contributed by atoms with van der Waals surface area (Å²) in [5.74, 6) is -2.73. The monoisotopic (exact) mass is 580 g/mol. The summed E-state index contributed by atoms with van der Waals surface area (Å²) >= 11 is 0. The first kappa shape index (κ1) is 32.2. The molecule has 0 saturated carbocycles. The van der Waals surface area contributed by atoms with Crippen molar-refractivity contribution in [2.24, 2.45) is 5.73 Å². The van der Waals surface area contributed by atoms with Crippen molar-refractivity contribution in [2.45, 2.75) is 76.6 Å². The van der Waals surface area contributed by atoms with Gasteiger partial charge in [-0.05, 0) is 63.8 Å². The highest BCUT2D eigenvalue weighted by Gasteiger charge is 2.60. The fourth-order valence-electron chi connectivity index (χ4n) is 5.24. The van der Waals surface area contributed by atoms with Crippen molar-refractivity contribution in [3.63, 3.8) is 0 Å². The van der Waals surface area contributed by atoms with E-state index in [-0.39, 0.29) is 18.3 Å². The van der Waals surface area contributed by atoms with Gasteiger partial charge in [-0.25, -0.2) is 4.79 Å². The molecule has 0 aliphatic carbocycles. The van der Waals surface area contributed by atoms with Gasteiger partial charge in [0.25, 0.3) is 11.9 Å². The number of hydrogen-bond acceptors (Lipinski definition) is 8. The van der Waals surface area contributed by atoms with E-state index in [2.05, 4.69) is 15.6 Å². The molecule has 1 aromatic carbocycles. The number of ether oxygens (including phenoxy) is 1. The zero-order chi connectivity index (χ0) is 31.1. The van der Waals surface area contributed by atoms with Crippen LogP contribution in [0.15, 0.2) is 48.7 Å². The molecule has 226 valence electrons. The number of rotatable bonds is 7. The molecular weight excluding hydrogens is 540 g/mol. The number of likely N-dealkylation sites (tertiary alicyclic amines) is 1. The summed E-state index contributed by atoms with van der Waals surface area (Å²) in [5.41, 5.74) is 5.02. The molecule has 1 aromatic heterocycles. The number of nitrogens with two attached hydrogens (primary N) is 1. The number of carboxylic acid groups (broad SMARTS) is 1. The van der Waals surface area contributed by atoms with Crippen LogP contribution in [-0.4, -0.2) is 74.9 Å². The van der Waals surface area contributed by atoms with E-state index in [4.69, 9.17) is 25.8 Å². The van der Waals surface area contributed by atoms with Gasteiger partial charge in [0.15, 0.2) is 0 Å². The van der Waals surface area contributed by atoms with Crippen molar-refractivity contribution in [1.29, 1.82) is 5.41 Å². The lowest BCUT2D eigenvalue weighted by Crippen LogP contribution is -2.65. The van der Waals surface area contributed by atoms with Gasteiger partial charge in [-0.2, -0.15) is 0 Å². The molecule has 0 bridgehead atoms. The maximum absolute atomic E-state index is 14.3. The Bertz CT molecular complexity index is 1290. The summed E-state index contributed by atoms with van der Waals surface area (Å²) in [6.07, 6.45) is 3.29. The van der Waals surface area contributed by atoms with Crippen molar-refractivity contribution >= 4 is 29.6 Å². The standard InChI is InChI=1S/C28H36N6O4.C2H4O2/c1-27(2,3)38-26(37)28(20(13-14-33-28)19-8-5-4-6-9-19)25(36)34-15-7-10-22(34)24(35)32-17-18-11-12-21(23(29)30)31-16-18;1-2(3)4/h4-6,8-9,11-12,16,20,22,33H,7,10,13-15,17H2,1-3H3,(H3,29,30)(H,32,35);1H3,(H,3,4)/t20?,22-,28-;/m0./s1. The minimum absolute atomic E-state index is 0.131. The van der Waals surface area contributed by atoms with Crippen LogP contribution >= 0.6 is 0 Å². The summed E-state index contributed by atoms with van der Waals surface area (Å²) in [7, 11) is 0. The topological polar surface area (TPSA) is 188 Å². The lowest BCUT2D eigenvalue weighted by atomic mass is 9.79. The second-order valence-electron chi connectivity index (χ2n) is 11.3. The number of nitrogen functional groups attached to an aromatic ring is 1. The second-order valence-corrected chi connectivity index (χ2v) is 11.3. The molecule has 2 aliphatic heterocycles. The maximum atomic E-state index is 14.3. The Morgan fingerprint density at radius 1 is 1.17 bits per heavy atom. The van der Waals surface area contributed by atoms with Crippen LogP contribution in [0.3, 0.4) is 0 Å². The van der Waals surface area contributed by atoms with Crippen LogP contribution in [0.2, 0.25) is 0 Å². The minimum Gasteiger partial charge on any atom is -0.481 e. The van der Waals surface area contributed by atoms with E-state index >= 15 is 0 Å². The number of carboxylic acids is 1. The zero-order valence-electron chi connectivity index (χ0n) is 24.5. The van der Waals surface area contributed by atoms with Gasteiger partial charge in [0, 0.05) is 32.1 Å². The molecule has 42 heavy (non-hydrogen) atoms. The van der Waals surface area contributed by atoms with E-state index in [0.717, 1.165) is 18.1 Å². The van der Waals surface area contributed by atoms with Crippen LogP contribution in [0.25, 0.3) is 0 Å². The molecule has 0 spiro atoms. The normalized spacial score (nSPS) is 21.6. The third kappa shape index (κ3) is 7.69. The van der Waals surface area contributed by atoms with Gasteiger partial charge < -0.3 is 25.8 Å². The Hall–Kier alpha value is -4.32. The van der Waals surface area contributed by atoms with Crippen molar-refractivity contribution in [3.05, 3.63) is 65.5 Å². The predicted octanol–water partition coefficient (Wildman–Crippen LogP) is 1.92. The lowest BCUT2D eigenvalue weighted by Gasteiger charge is -2.38. The first-order valence-electron chi connectivity index (χ1n) is 13.9. The number of aromatic nitrogens is 1. The van der Waals surface area contributed by atoms with Gasteiger partial charge in [0.1, 0.15) is 23.2 Å². The number of amidine groups is 1. The van der Waals surface area contributed by atoms with Crippen molar-refractivity contribution < 1.29 is 29.0 Å². The van der Waals surface area contributed by atoms with Crippen molar-refractivity contribution in [3.8, 4) is 0 Å². The Balaban J connectivity index is 0.00000114. The Labute approximate surface area is 245 Å². The summed E-state index contributed by atoms with van der Waals surface area (Å²) < 4.78 is 5.80. The molecule has 2 aliphatic rings. The first-order valence-corrected chi connectivity index (χ1v) is 13.9. The number of nitrogens with one attached hydrogen (secondary N) is 3. The highest BCUT2D eigenvalue weighted by Crippen LogP contribution is 2.40. The number of carbonyl (C=O) groups excluding carboxylic acids is 3. The van der Waals surface area contributed by atoms with E-state index < -0.39 is 40.9 Å². The van der Waals surface area contributed by atoms with Gasteiger partial charge in [0.05, 0.1) is 0 Å². The highest BCUT2D eigenvalue weighted by atomic mass is 16.6. The van der Waals surface area contributed by atoms with Crippen LogP contribution in [-0.2, 0) is 30.5 Å². The first-order chi connectivity index (χ1) is 19.8. The molecule has 3 atom stereocenters. The van der Waals surface area contributed by atoms with E-state index in [9.17, 15) is 14.4 Å². The van der Waals surface area contributed by atoms with E-state index in [1.54, 1.807) is 39.1 Å². The van der Waals surface area contributed by atoms with Gasteiger partial charge in [-0.1, -0.05) is 36.4 Å². The van der Waals surface area contributed by atoms with E-state index in [1.807, 2.05) is 30.3 Å². The smallest absolute Gasteiger partial charge is 0.337 e. The molecule has 2 aromatic rings. The number of benzene rings is 1. The second kappa shape index (κ2) is 13.6. The molecule has 0 radical (unpaired) electrons. The average Bonchev–Trinajstić information content (AvgIpc) is 3.59. The van der Waals surface area contributed by atoms with Crippen molar-refractivity contribution in [1.82, 2.24) is 20.5 Å². The Morgan fingerprint density at radius 3 is 2.40 bits per heavy atom. The number of amides is 2. The predicted molar refractivity (Wildman–Crippen MR) is 156 cm³/mol. The number of esters is 1. The van der Waals surface area contributed by atoms with Gasteiger partial charge in [0.2, 0.25) is 11.4 Å². The SMILES string of the molecule is CC(=O)O.CC(C)(C)OC(=O)[C@]1(C(=O)N2CCC[C@H]2C(=O)NCc2ccc(C(=N)N)nc2)NCCC1c1ccccc1. The van der Waals surface area contributed by atoms with Crippen LogP contribution in [0.5, 0.6) is 0 Å². The zero-order valence-corrected chi connectivity index (χ0v) is 24.5. The number of carbonyl (C=O) groups is 4. The molecule has 12 nitrogen and oxygen atoms in total. The summed E-state index contributed by atoms with van der Waals surface area (Å²) in [5, 5.41) is 21.0. The summed E-state index contributed by atoms with van der Waals surface area (Å²) in [6, 6.07) is 12.2. The van der Waals surface area contributed by atoms with Crippen molar-refractivity contribution in [2.75, 3.05) is 13.1 Å². The number of hydrogen-bond donors (Lipinski definition) is 5. The fraction of sp³-hybridized carbons (Fsp3) is 0.467. The molecule has 4 rings (SSSR count). The average molecular weight is 581 g/mol. The number of pyridine rings is 1. The van der Waals surface area contributed by atoms with Gasteiger partial charge in [-0.3, -0.25) is 30.1 Å². The number of aliphatic carboxylic acids is 1. The van der Waals surface area contributed by atoms with Gasteiger partial charge in [-0.15, -0.1) is 0 Å². The van der Waals surface area contributed by atoms with E-state index in [0.29, 0.717) is 38.0 Å². The highest BCUT2D eigenvalue weighted by molar-refractivity contribution is 6.10. The van der Waals surface area contributed by atoms with Crippen LogP contribution in [0.1, 0.15) is 69.7 Å². The summed E-state index contributed by atoms with van der Waals surface area (Å²) in [6.45, 7) is 7.47. The molecule has 2 amide bonds. The third-order valence-electron chi connectivity index (χ3n) is 7.00. The molecule has 3 heterocycles. The number of nitrogens with zero attached hydrogens (tertiary/aromatic N) is 2. The Morgan fingerprint density at radius 2 is 1.83 bits per heavy atom. The quantitative estimate of drug-likeness (QED) is 0.141. The van der Waals surface area contributed by atoms with Crippen LogP contribution < -0.4 is 16.4 Å². The molecule has 2 saturated heterocycles.